The van der Waals surface area contributed by atoms with Crippen molar-refractivity contribution >= 4 is 23.1 Å². The first-order valence-corrected chi connectivity index (χ1v) is 8.80. The maximum atomic E-state index is 15.0. The Balaban J connectivity index is 2.56. The summed E-state index contributed by atoms with van der Waals surface area (Å²) in [6.07, 6.45) is 0. The molecule has 0 radical (unpaired) electrons. The highest BCUT2D eigenvalue weighted by Gasteiger charge is 2.38. The fourth-order valence-corrected chi connectivity index (χ4v) is 3.57. The molecule has 162 valence electrons. The van der Waals surface area contributed by atoms with Gasteiger partial charge in [0, 0.05) is 29.2 Å². The standard InChI is InChI=1S/C21H12BF9/c1-7-10(23)4-13(26)18(21(7)31)22(16-8(2)19(29)14(27)5-11(16)24)17-9(3)20(30)15(28)6-12(17)25/h4-6H,1-3H3. The molecule has 31 heavy (non-hydrogen) atoms. The first-order valence-electron chi connectivity index (χ1n) is 8.80. The molecular formula is C21H12BF9. The van der Waals surface area contributed by atoms with Crippen molar-refractivity contribution in [2.24, 2.45) is 0 Å². The van der Waals surface area contributed by atoms with Crippen molar-refractivity contribution in [2.75, 3.05) is 0 Å². The van der Waals surface area contributed by atoms with Crippen LogP contribution >= 0.6 is 0 Å². The van der Waals surface area contributed by atoms with Crippen molar-refractivity contribution < 1.29 is 39.5 Å². The molecule has 3 rings (SSSR count). The summed E-state index contributed by atoms with van der Waals surface area (Å²) in [4.78, 5) is 0. The van der Waals surface area contributed by atoms with Crippen molar-refractivity contribution in [1.29, 1.82) is 0 Å². The maximum absolute atomic E-state index is 15.0. The van der Waals surface area contributed by atoms with E-state index >= 15 is 0 Å². The molecule has 0 amide bonds. The van der Waals surface area contributed by atoms with E-state index in [0.29, 0.717) is 0 Å². The van der Waals surface area contributed by atoms with Gasteiger partial charge in [0.25, 0.3) is 6.71 Å². The van der Waals surface area contributed by atoms with Crippen molar-refractivity contribution in [3.8, 4) is 0 Å². The smallest absolute Gasteiger partial charge is 0.207 e. The lowest BCUT2D eigenvalue weighted by molar-refractivity contribution is 0.491. The minimum Gasteiger partial charge on any atom is -0.207 e. The number of benzene rings is 3. The Labute approximate surface area is 171 Å². The van der Waals surface area contributed by atoms with E-state index in [1.54, 1.807) is 0 Å². The molecule has 0 aliphatic heterocycles. The SMILES string of the molecule is Cc1c(F)cc(F)c(B(c2c(F)cc(F)c(F)c2C)c2c(F)cc(F)c(F)c2C)c1F. The molecule has 0 unspecified atom stereocenters. The highest BCUT2D eigenvalue weighted by Crippen LogP contribution is 2.20. The fraction of sp³-hybridized carbons (Fsp3) is 0.143. The Morgan fingerprint density at radius 2 is 0.774 bits per heavy atom. The number of rotatable bonds is 3. The van der Waals surface area contributed by atoms with Gasteiger partial charge in [-0.2, -0.15) is 0 Å². The fourth-order valence-electron chi connectivity index (χ4n) is 3.57. The molecule has 0 heterocycles. The predicted octanol–water partition coefficient (Wildman–Crippen LogP) is 4.38. The Hall–Kier alpha value is -2.91. The molecule has 0 bridgehead atoms. The van der Waals surface area contributed by atoms with Crippen LogP contribution < -0.4 is 16.4 Å². The van der Waals surface area contributed by atoms with E-state index in [9.17, 15) is 39.5 Å². The minimum absolute atomic E-state index is 0.0734. The summed E-state index contributed by atoms with van der Waals surface area (Å²) >= 11 is 0. The first-order chi connectivity index (χ1) is 14.4. The molecule has 3 aromatic rings. The average Bonchev–Trinajstić information content (AvgIpc) is 2.68. The maximum Gasteiger partial charge on any atom is 0.257 e. The lowest BCUT2D eigenvalue weighted by atomic mass is 9.35. The molecule has 0 spiro atoms. The largest absolute Gasteiger partial charge is 0.257 e. The zero-order valence-corrected chi connectivity index (χ0v) is 16.2. The second-order valence-corrected chi connectivity index (χ2v) is 7.01. The number of hydrogen-bond acceptors (Lipinski definition) is 0. The Kier molecular flexibility index (Phi) is 5.86. The van der Waals surface area contributed by atoms with E-state index < -0.39 is 92.1 Å². The summed E-state index contributed by atoms with van der Waals surface area (Å²) in [6, 6.07) is 0.384. The zero-order chi connectivity index (χ0) is 23.4. The molecular weight excluding hydrogens is 434 g/mol. The van der Waals surface area contributed by atoms with Crippen LogP contribution in [-0.2, 0) is 0 Å². The molecule has 0 saturated heterocycles. The van der Waals surface area contributed by atoms with Gasteiger partial charge in [0.05, 0.1) is 0 Å². The van der Waals surface area contributed by atoms with E-state index in [2.05, 4.69) is 0 Å². The molecule has 0 atom stereocenters. The zero-order valence-electron chi connectivity index (χ0n) is 16.2. The quantitative estimate of drug-likeness (QED) is 0.319. The average molecular weight is 446 g/mol. The van der Waals surface area contributed by atoms with Crippen molar-refractivity contribution in [2.45, 2.75) is 20.8 Å². The topological polar surface area (TPSA) is 0 Å². The minimum atomic E-state index is -2.23. The van der Waals surface area contributed by atoms with Gasteiger partial charge in [-0.05, 0) is 42.8 Å². The molecule has 0 aliphatic carbocycles. The molecule has 10 heteroatoms. The highest BCUT2D eigenvalue weighted by molar-refractivity contribution is 6.96. The van der Waals surface area contributed by atoms with Gasteiger partial charge in [0.15, 0.2) is 23.3 Å². The van der Waals surface area contributed by atoms with Crippen molar-refractivity contribution in [3.63, 3.8) is 0 Å². The van der Waals surface area contributed by atoms with E-state index in [1.807, 2.05) is 0 Å². The summed E-state index contributed by atoms with van der Waals surface area (Å²) in [5.74, 6) is -14.0. The van der Waals surface area contributed by atoms with Crippen LogP contribution in [0.25, 0.3) is 0 Å². The summed E-state index contributed by atoms with van der Waals surface area (Å²) in [5, 5.41) is 0. The van der Waals surface area contributed by atoms with Gasteiger partial charge in [-0.3, -0.25) is 0 Å². The van der Waals surface area contributed by atoms with Gasteiger partial charge in [-0.1, -0.05) is 0 Å². The van der Waals surface area contributed by atoms with Gasteiger partial charge in [-0.25, -0.2) is 39.5 Å². The van der Waals surface area contributed by atoms with Crippen LogP contribution in [0.3, 0.4) is 0 Å². The number of halogens is 9. The van der Waals surface area contributed by atoms with Crippen LogP contribution in [0.15, 0.2) is 18.2 Å². The van der Waals surface area contributed by atoms with Crippen LogP contribution in [-0.4, -0.2) is 6.71 Å². The van der Waals surface area contributed by atoms with E-state index in [4.69, 9.17) is 0 Å². The second-order valence-electron chi connectivity index (χ2n) is 7.01. The molecule has 0 aromatic heterocycles. The van der Waals surface area contributed by atoms with Gasteiger partial charge >= 0.3 is 0 Å². The van der Waals surface area contributed by atoms with Crippen LogP contribution in [0.5, 0.6) is 0 Å². The molecule has 0 nitrogen and oxygen atoms in total. The highest BCUT2D eigenvalue weighted by atomic mass is 19.2. The number of hydrogen-bond donors (Lipinski definition) is 0. The Morgan fingerprint density at radius 1 is 0.419 bits per heavy atom. The van der Waals surface area contributed by atoms with Crippen LogP contribution in [0.1, 0.15) is 16.7 Å². The summed E-state index contributed by atoms with van der Waals surface area (Å²) in [7, 11) is 0. The molecule has 0 N–H and O–H groups in total. The summed E-state index contributed by atoms with van der Waals surface area (Å²) in [6.45, 7) is 0.407. The Bertz CT molecular complexity index is 1070. The van der Waals surface area contributed by atoms with E-state index in [0.717, 1.165) is 20.8 Å². The van der Waals surface area contributed by atoms with Gasteiger partial charge in [0.2, 0.25) is 0 Å². The van der Waals surface area contributed by atoms with E-state index in [1.165, 1.54) is 0 Å². The third-order valence-corrected chi connectivity index (χ3v) is 5.21. The normalized spacial score (nSPS) is 11.2. The molecule has 3 aromatic carbocycles. The third kappa shape index (κ3) is 3.57. The molecule has 0 saturated carbocycles. The van der Waals surface area contributed by atoms with Gasteiger partial charge < -0.3 is 0 Å². The van der Waals surface area contributed by atoms with Gasteiger partial charge in [0.1, 0.15) is 29.1 Å². The van der Waals surface area contributed by atoms with Crippen LogP contribution in [0, 0.1) is 73.1 Å². The van der Waals surface area contributed by atoms with Crippen LogP contribution in [0.4, 0.5) is 39.5 Å². The molecule has 0 fully saturated rings. The third-order valence-electron chi connectivity index (χ3n) is 5.21. The van der Waals surface area contributed by atoms with Gasteiger partial charge in [-0.15, -0.1) is 0 Å². The van der Waals surface area contributed by atoms with Crippen molar-refractivity contribution in [3.05, 3.63) is 87.2 Å². The summed E-state index contributed by atoms with van der Waals surface area (Å²) < 4.78 is 129. The second kappa shape index (κ2) is 7.98. The monoisotopic (exact) mass is 446 g/mol. The predicted molar refractivity (Wildman–Crippen MR) is 97.8 cm³/mol. The molecule has 0 aliphatic rings. The summed E-state index contributed by atoms with van der Waals surface area (Å²) in [5.41, 5.74) is -5.28. The van der Waals surface area contributed by atoms with Crippen molar-refractivity contribution in [1.82, 2.24) is 0 Å². The van der Waals surface area contributed by atoms with E-state index in [-0.39, 0.29) is 18.2 Å². The Morgan fingerprint density at radius 3 is 1.19 bits per heavy atom. The lowest BCUT2D eigenvalue weighted by Crippen LogP contribution is -2.59. The van der Waals surface area contributed by atoms with Crippen LogP contribution in [0.2, 0.25) is 0 Å². The first kappa shape index (κ1) is 22.8. The lowest BCUT2D eigenvalue weighted by Gasteiger charge is -2.23.